The first-order chi connectivity index (χ1) is 10.1. The van der Waals surface area contributed by atoms with Crippen LogP contribution in [0.15, 0.2) is 42.6 Å². The van der Waals surface area contributed by atoms with Crippen LogP contribution < -0.4 is 5.32 Å². The van der Waals surface area contributed by atoms with Gasteiger partial charge in [0.05, 0.1) is 10.5 Å². The van der Waals surface area contributed by atoms with Crippen molar-refractivity contribution in [2.75, 3.05) is 6.54 Å². The Labute approximate surface area is 120 Å². The Morgan fingerprint density at radius 1 is 1.29 bits per heavy atom. The van der Waals surface area contributed by atoms with E-state index in [0.29, 0.717) is 13.0 Å². The SMILES string of the molecule is O=C(NCCc1ccccn1)c1cccc([N+](=O)[O-])c1O. The van der Waals surface area contributed by atoms with E-state index in [1.165, 1.54) is 12.1 Å². The van der Waals surface area contributed by atoms with Crippen molar-refractivity contribution in [3.05, 3.63) is 64.0 Å². The number of nitro benzene ring substituents is 1. The molecular formula is C14H13N3O4. The number of para-hydroxylation sites is 1. The van der Waals surface area contributed by atoms with Crippen LogP contribution >= 0.6 is 0 Å². The lowest BCUT2D eigenvalue weighted by Gasteiger charge is -2.06. The Hall–Kier alpha value is -2.96. The molecule has 1 aromatic carbocycles. The van der Waals surface area contributed by atoms with Crippen LogP contribution in [0.25, 0.3) is 0 Å². The zero-order valence-corrected chi connectivity index (χ0v) is 11.0. The number of carbonyl (C=O) groups excluding carboxylic acids is 1. The first-order valence-electron chi connectivity index (χ1n) is 6.24. The number of phenols is 1. The van der Waals surface area contributed by atoms with Crippen LogP contribution in [0, 0.1) is 10.1 Å². The fourth-order valence-electron chi connectivity index (χ4n) is 1.81. The van der Waals surface area contributed by atoms with Crippen molar-refractivity contribution in [1.29, 1.82) is 0 Å². The number of carbonyl (C=O) groups is 1. The normalized spacial score (nSPS) is 10.1. The van der Waals surface area contributed by atoms with E-state index >= 15 is 0 Å². The monoisotopic (exact) mass is 287 g/mol. The summed E-state index contributed by atoms with van der Waals surface area (Å²) in [5.74, 6) is -1.19. The summed E-state index contributed by atoms with van der Waals surface area (Å²) in [6.07, 6.45) is 2.19. The van der Waals surface area contributed by atoms with Gasteiger partial charge in [0, 0.05) is 30.9 Å². The zero-order valence-electron chi connectivity index (χ0n) is 11.0. The maximum absolute atomic E-state index is 11.9. The average molecular weight is 287 g/mol. The molecule has 1 heterocycles. The fourth-order valence-corrected chi connectivity index (χ4v) is 1.81. The standard InChI is InChI=1S/C14H13N3O4/c18-13-11(5-3-6-12(13)17(20)21)14(19)16-9-7-10-4-1-2-8-15-10/h1-6,8,18H,7,9H2,(H,16,19). The van der Waals surface area contributed by atoms with Crippen LogP contribution in [0.3, 0.4) is 0 Å². The molecule has 0 unspecified atom stereocenters. The Morgan fingerprint density at radius 3 is 2.76 bits per heavy atom. The topological polar surface area (TPSA) is 105 Å². The third kappa shape index (κ3) is 3.53. The van der Waals surface area contributed by atoms with Gasteiger partial charge in [-0.15, -0.1) is 0 Å². The molecule has 21 heavy (non-hydrogen) atoms. The van der Waals surface area contributed by atoms with Crippen LogP contribution in [0.2, 0.25) is 0 Å². The molecule has 0 bridgehead atoms. The highest BCUT2D eigenvalue weighted by Crippen LogP contribution is 2.28. The van der Waals surface area contributed by atoms with Gasteiger partial charge in [0.25, 0.3) is 5.91 Å². The third-order valence-corrected chi connectivity index (χ3v) is 2.85. The second kappa shape index (κ2) is 6.47. The van der Waals surface area contributed by atoms with Crippen LogP contribution in [-0.2, 0) is 6.42 Å². The highest BCUT2D eigenvalue weighted by atomic mass is 16.6. The molecule has 0 aliphatic carbocycles. The number of aromatic hydroxyl groups is 1. The molecular weight excluding hydrogens is 274 g/mol. The Bertz CT molecular complexity index is 659. The van der Waals surface area contributed by atoms with Gasteiger partial charge in [-0.1, -0.05) is 12.1 Å². The molecule has 0 spiro atoms. The van der Waals surface area contributed by atoms with E-state index in [-0.39, 0.29) is 5.56 Å². The molecule has 0 saturated carbocycles. The number of phenolic OH excluding ortho intramolecular Hbond substituents is 1. The van der Waals surface area contributed by atoms with Gasteiger partial charge in [-0.2, -0.15) is 0 Å². The summed E-state index contributed by atoms with van der Waals surface area (Å²) in [4.78, 5) is 26.0. The van der Waals surface area contributed by atoms with E-state index in [1.807, 2.05) is 12.1 Å². The molecule has 1 amide bonds. The van der Waals surface area contributed by atoms with E-state index in [9.17, 15) is 20.0 Å². The molecule has 7 nitrogen and oxygen atoms in total. The number of aromatic nitrogens is 1. The van der Waals surface area contributed by atoms with Gasteiger partial charge in [0.1, 0.15) is 0 Å². The quantitative estimate of drug-likeness (QED) is 0.642. The van der Waals surface area contributed by atoms with Gasteiger partial charge in [0.15, 0.2) is 0 Å². The number of hydrogen-bond donors (Lipinski definition) is 2. The van der Waals surface area contributed by atoms with Gasteiger partial charge in [0.2, 0.25) is 5.75 Å². The molecule has 0 aliphatic heterocycles. The number of pyridine rings is 1. The molecule has 0 saturated heterocycles. The molecule has 1 aromatic heterocycles. The summed E-state index contributed by atoms with van der Waals surface area (Å²) in [5, 5.41) is 23.0. The van der Waals surface area contributed by atoms with E-state index in [0.717, 1.165) is 11.8 Å². The van der Waals surface area contributed by atoms with Crippen molar-refractivity contribution >= 4 is 11.6 Å². The number of rotatable bonds is 5. The minimum Gasteiger partial charge on any atom is -0.502 e. The number of nitro groups is 1. The highest BCUT2D eigenvalue weighted by Gasteiger charge is 2.20. The van der Waals surface area contributed by atoms with Crippen molar-refractivity contribution < 1.29 is 14.8 Å². The molecule has 0 atom stereocenters. The smallest absolute Gasteiger partial charge is 0.311 e. The lowest BCUT2D eigenvalue weighted by atomic mass is 10.1. The molecule has 2 aromatic rings. The Balaban J connectivity index is 2.01. The minimum absolute atomic E-state index is 0.120. The second-order valence-corrected chi connectivity index (χ2v) is 4.26. The average Bonchev–Trinajstić information content (AvgIpc) is 2.48. The number of nitrogens with one attached hydrogen (secondary N) is 1. The zero-order chi connectivity index (χ0) is 15.2. The minimum atomic E-state index is -0.736. The van der Waals surface area contributed by atoms with Crippen molar-refractivity contribution in [2.24, 2.45) is 0 Å². The van der Waals surface area contributed by atoms with Crippen molar-refractivity contribution in [2.45, 2.75) is 6.42 Å². The van der Waals surface area contributed by atoms with Crippen molar-refractivity contribution in [3.8, 4) is 5.75 Å². The first kappa shape index (κ1) is 14.4. The second-order valence-electron chi connectivity index (χ2n) is 4.26. The summed E-state index contributed by atoms with van der Waals surface area (Å²) in [6.45, 7) is 0.317. The van der Waals surface area contributed by atoms with Gasteiger partial charge < -0.3 is 10.4 Å². The summed E-state index contributed by atoms with van der Waals surface area (Å²) >= 11 is 0. The fraction of sp³-hybridized carbons (Fsp3) is 0.143. The van der Waals surface area contributed by atoms with Crippen LogP contribution in [0.5, 0.6) is 5.75 Å². The predicted molar refractivity (Wildman–Crippen MR) is 75.0 cm³/mol. The predicted octanol–water partition coefficient (Wildman–Crippen LogP) is 1.67. The first-order valence-corrected chi connectivity index (χ1v) is 6.24. The molecule has 0 radical (unpaired) electrons. The third-order valence-electron chi connectivity index (χ3n) is 2.85. The lowest BCUT2D eigenvalue weighted by molar-refractivity contribution is -0.385. The Morgan fingerprint density at radius 2 is 2.10 bits per heavy atom. The van der Waals surface area contributed by atoms with Crippen molar-refractivity contribution in [3.63, 3.8) is 0 Å². The summed E-state index contributed by atoms with van der Waals surface area (Å²) in [7, 11) is 0. The van der Waals surface area contributed by atoms with Crippen LogP contribution in [0.4, 0.5) is 5.69 Å². The number of benzene rings is 1. The number of nitrogens with zero attached hydrogens (tertiary/aromatic N) is 2. The van der Waals surface area contributed by atoms with E-state index in [1.54, 1.807) is 12.3 Å². The van der Waals surface area contributed by atoms with E-state index in [2.05, 4.69) is 10.3 Å². The summed E-state index contributed by atoms with van der Waals surface area (Å²) < 4.78 is 0. The lowest BCUT2D eigenvalue weighted by Crippen LogP contribution is -2.26. The van der Waals surface area contributed by atoms with Crippen molar-refractivity contribution in [1.82, 2.24) is 10.3 Å². The number of amides is 1. The summed E-state index contributed by atoms with van der Waals surface area (Å²) in [6, 6.07) is 9.29. The maximum Gasteiger partial charge on any atom is 0.311 e. The molecule has 2 N–H and O–H groups in total. The van der Waals surface area contributed by atoms with Gasteiger partial charge >= 0.3 is 5.69 Å². The number of hydrogen-bond acceptors (Lipinski definition) is 5. The van der Waals surface area contributed by atoms with E-state index in [4.69, 9.17) is 0 Å². The Kier molecular flexibility index (Phi) is 4.45. The van der Waals surface area contributed by atoms with Gasteiger partial charge in [-0.05, 0) is 18.2 Å². The van der Waals surface area contributed by atoms with E-state index < -0.39 is 22.3 Å². The van der Waals surface area contributed by atoms with Gasteiger partial charge in [-0.25, -0.2) is 0 Å². The molecule has 108 valence electrons. The largest absolute Gasteiger partial charge is 0.502 e. The maximum atomic E-state index is 11.9. The van der Waals surface area contributed by atoms with Crippen LogP contribution in [0.1, 0.15) is 16.1 Å². The summed E-state index contributed by atoms with van der Waals surface area (Å²) in [5.41, 5.74) is 0.207. The molecule has 0 aliphatic rings. The highest BCUT2D eigenvalue weighted by molar-refractivity contribution is 5.98. The van der Waals surface area contributed by atoms with Crippen LogP contribution in [-0.4, -0.2) is 27.5 Å². The molecule has 2 rings (SSSR count). The van der Waals surface area contributed by atoms with Gasteiger partial charge in [-0.3, -0.25) is 19.9 Å². The molecule has 7 heteroatoms. The molecule has 0 fully saturated rings.